The van der Waals surface area contributed by atoms with Crippen molar-refractivity contribution < 1.29 is 4.79 Å². The van der Waals surface area contributed by atoms with E-state index < -0.39 is 0 Å². The highest BCUT2D eigenvalue weighted by molar-refractivity contribution is 7.19. The van der Waals surface area contributed by atoms with Crippen molar-refractivity contribution in [2.24, 2.45) is 0 Å². The van der Waals surface area contributed by atoms with E-state index >= 15 is 0 Å². The zero-order valence-corrected chi connectivity index (χ0v) is 13.2. The zero-order valence-electron chi connectivity index (χ0n) is 12.4. The van der Waals surface area contributed by atoms with Crippen molar-refractivity contribution in [3.8, 4) is 17.3 Å². The third kappa shape index (κ3) is 2.28. The number of nitriles is 1. The third-order valence-corrected chi connectivity index (χ3v) is 4.54. The van der Waals surface area contributed by atoms with E-state index in [1.807, 2.05) is 42.5 Å². The van der Waals surface area contributed by atoms with Crippen molar-refractivity contribution in [3.63, 3.8) is 0 Å². The first-order valence-corrected chi connectivity index (χ1v) is 8.04. The lowest BCUT2D eigenvalue weighted by atomic mass is 10.2. The van der Waals surface area contributed by atoms with Gasteiger partial charge in [0.1, 0.15) is 16.5 Å². The highest BCUT2D eigenvalue weighted by atomic mass is 32.1. The minimum absolute atomic E-state index is 0.266. The van der Waals surface area contributed by atoms with E-state index in [1.165, 1.54) is 16.0 Å². The van der Waals surface area contributed by atoms with Gasteiger partial charge in [-0.1, -0.05) is 59.9 Å². The van der Waals surface area contributed by atoms with Gasteiger partial charge in [-0.15, -0.1) is 0 Å². The van der Waals surface area contributed by atoms with Gasteiger partial charge in [0.05, 0.1) is 0 Å². The van der Waals surface area contributed by atoms with Gasteiger partial charge in [-0.05, 0) is 12.1 Å². The van der Waals surface area contributed by atoms with E-state index in [0.717, 1.165) is 10.3 Å². The second-order valence-electron chi connectivity index (χ2n) is 5.08. The molecule has 0 aliphatic carbocycles. The van der Waals surface area contributed by atoms with Crippen LogP contribution in [-0.2, 0) is 0 Å². The lowest BCUT2D eigenvalue weighted by molar-refractivity contribution is 0.0950. The van der Waals surface area contributed by atoms with Crippen LogP contribution >= 0.6 is 11.3 Å². The number of hydrogen-bond donors (Lipinski definition) is 0. The van der Waals surface area contributed by atoms with Crippen molar-refractivity contribution in [1.82, 2.24) is 14.8 Å². The molecule has 0 radical (unpaired) electrons. The topological polar surface area (TPSA) is 71.6 Å². The first-order chi connectivity index (χ1) is 11.8. The molecule has 0 bridgehead atoms. The number of nitrogens with zero attached hydrogens (tertiary/aromatic N) is 4. The Morgan fingerprint density at radius 3 is 2.38 bits per heavy atom. The van der Waals surface area contributed by atoms with Crippen molar-refractivity contribution in [2.45, 2.75) is 0 Å². The molecule has 0 spiro atoms. The highest BCUT2D eigenvalue weighted by Gasteiger charge is 2.22. The molecule has 0 N–H and O–H groups in total. The number of carbonyl (C=O) groups is 1. The summed E-state index contributed by atoms with van der Waals surface area (Å²) < 4.78 is 2.02. The summed E-state index contributed by atoms with van der Waals surface area (Å²) in [5, 5.41) is 13.9. The van der Waals surface area contributed by atoms with Gasteiger partial charge in [0.2, 0.25) is 0 Å². The summed E-state index contributed by atoms with van der Waals surface area (Å²) in [5.41, 5.74) is 2.49. The molecule has 2 aromatic carbocycles. The maximum absolute atomic E-state index is 12.8. The number of carbonyl (C=O) groups excluding carboxylic acids is 1. The molecule has 114 valence electrons. The fourth-order valence-electron chi connectivity index (χ4n) is 2.48. The molecular weight excluding hydrogens is 320 g/mol. The zero-order chi connectivity index (χ0) is 16.5. The first kappa shape index (κ1) is 14.3. The van der Waals surface area contributed by atoms with E-state index in [1.54, 1.807) is 24.3 Å². The van der Waals surface area contributed by atoms with Gasteiger partial charge < -0.3 is 0 Å². The van der Waals surface area contributed by atoms with Crippen LogP contribution in [0.5, 0.6) is 0 Å². The van der Waals surface area contributed by atoms with Crippen LogP contribution in [0.4, 0.5) is 0 Å². The van der Waals surface area contributed by atoms with Gasteiger partial charge in [0, 0.05) is 11.1 Å². The predicted molar refractivity (Wildman–Crippen MR) is 91.7 cm³/mol. The Hall–Kier alpha value is -3.30. The van der Waals surface area contributed by atoms with Gasteiger partial charge in [-0.25, -0.2) is 4.98 Å². The normalized spacial score (nSPS) is 10.6. The third-order valence-electron chi connectivity index (χ3n) is 3.58. The van der Waals surface area contributed by atoms with Gasteiger partial charge >= 0.3 is 0 Å². The molecule has 2 heterocycles. The number of fused-ring (bicyclic) bond motifs is 1. The summed E-state index contributed by atoms with van der Waals surface area (Å²) in [5.74, 6) is -0.266. The molecule has 0 aliphatic rings. The molecule has 0 atom stereocenters. The van der Waals surface area contributed by atoms with Crippen LogP contribution < -0.4 is 0 Å². The molecule has 4 rings (SSSR count). The fraction of sp³-hybridized carbons (Fsp3) is 0. The second-order valence-corrected chi connectivity index (χ2v) is 6.08. The molecule has 2 aromatic heterocycles. The Morgan fingerprint density at radius 1 is 1.04 bits per heavy atom. The Morgan fingerprint density at radius 2 is 1.71 bits per heavy atom. The molecule has 0 saturated carbocycles. The summed E-state index contributed by atoms with van der Waals surface area (Å²) in [6.45, 7) is 0. The van der Waals surface area contributed by atoms with Crippen LogP contribution in [-0.4, -0.2) is 20.7 Å². The van der Waals surface area contributed by atoms with Crippen molar-refractivity contribution >= 4 is 27.6 Å². The van der Waals surface area contributed by atoms with Crippen LogP contribution in [0.1, 0.15) is 15.4 Å². The predicted octanol–water partition coefficient (Wildman–Crippen LogP) is 3.72. The summed E-state index contributed by atoms with van der Waals surface area (Å²) >= 11 is 1.24. The van der Waals surface area contributed by atoms with Crippen LogP contribution in [0.15, 0.2) is 60.7 Å². The molecule has 0 unspecified atom stereocenters. The van der Waals surface area contributed by atoms with E-state index in [0.29, 0.717) is 21.9 Å². The van der Waals surface area contributed by atoms with Crippen LogP contribution in [0.3, 0.4) is 0 Å². The molecule has 5 nitrogen and oxygen atoms in total. The summed E-state index contributed by atoms with van der Waals surface area (Å²) in [6, 6.07) is 20.5. The Bertz CT molecular complexity index is 1070. The highest BCUT2D eigenvalue weighted by Crippen LogP contribution is 2.32. The van der Waals surface area contributed by atoms with Gasteiger partial charge in [-0.2, -0.15) is 15.0 Å². The minimum atomic E-state index is -0.266. The molecule has 0 saturated heterocycles. The average Bonchev–Trinajstić information content (AvgIpc) is 3.21. The lowest BCUT2D eigenvalue weighted by Gasteiger charge is -2.00. The largest absolute Gasteiger partial charge is 0.280 e. The Balaban J connectivity index is 1.95. The van der Waals surface area contributed by atoms with Crippen molar-refractivity contribution in [2.75, 3.05) is 0 Å². The van der Waals surface area contributed by atoms with E-state index in [2.05, 4.69) is 10.1 Å². The van der Waals surface area contributed by atoms with E-state index in [-0.39, 0.29) is 5.91 Å². The molecule has 0 fully saturated rings. The summed E-state index contributed by atoms with van der Waals surface area (Å²) in [4.78, 5) is 17.0. The first-order valence-electron chi connectivity index (χ1n) is 7.23. The van der Waals surface area contributed by atoms with E-state index in [9.17, 15) is 4.79 Å². The van der Waals surface area contributed by atoms with E-state index in [4.69, 9.17) is 5.26 Å². The Labute approximate surface area is 141 Å². The molecule has 4 aromatic rings. The van der Waals surface area contributed by atoms with Crippen LogP contribution in [0.25, 0.3) is 21.6 Å². The SMILES string of the molecule is N#Cc1nc2c(s1)c(-c1ccccc1)nn2C(=O)c1ccccc1. The monoisotopic (exact) mass is 330 g/mol. The van der Waals surface area contributed by atoms with Crippen molar-refractivity contribution in [1.29, 1.82) is 5.26 Å². The molecular formula is C18H10N4OS. The molecule has 24 heavy (non-hydrogen) atoms. The smallest absolute Gasteiger partial charge is 0.267 e. The minimum Gasteiger partial charge on any atom is -0.267 e. The number of rotatable bonds is 2. The number of thiazole rings is 1. The molecule has 0 aliphatic heterocycles. The van der Waals surface area contributed by atoms with Gasteiger partial charge in [-0.3, -0.25) is 4.79 Å². The second kappa shape index (κ2) is 5.72. The number of aromatic nitrogens is 3. The van der Waals surface area contributed by atoms with Crippen LogP contribution in [0.2, 0.25) is 0 Å². The molecule has 6 heteroatoms. The Kier molecular flexibility index (Phi) is 3.41. The van der Waals surface area contributed by atoms with Crippen molar-refractivity contribution in [3.05, 3.63) is 71.2 Å². The summed E-state index contributed by atoms with van der Waals surface area (Å²) in [7, 11) is 0. The van der Waals surface area contributed by atoms with Gasteiger partial charge in [0.15, 0.2) is 10.7 Å². The maximum atomic E-state index is 12.8. The standard InChI is InChI=1S/C18H10N4OS/c19-11-14-20-17-16(24-14)15(12-7-3-1-4-8-12)21-22(17)18(23)13-9-5-2-6-10-13/h1-10H. The number of benzene rings is 2. The van der Waals surface area contributed by atoms with Crippen LogP contribution in [0, 0.1) is 11.3 Å². The molecule has 0 amide bonds. The quantitative estimate of drug-likeness (QED) is 0.561. The number of hydrogen-bond acceptors (Lipinski definition) is 5. The van der Waals surface area contributed by atoms with Gasteiger partial charge in [0.25, 0.3) is 5.91 Å². The average molecular weight is 330 g/mol. The lowest BCUT2D eigenvalue weighted by Crippen LogP contribution is -2.13. The maximum Gasteiger partial charge on any atom is 0.280 e. The summed E-state index contributed by atoms with van der Waals surface area (Å²) in [6.07, 6.45) is 0. The fourth-order valence-corrected chi connectivity index (χ4v) is 3.33.